The zero-order valence-corrected chi connectivity index (χ0v) is 15.5. The standard InChI is InChI=1S/C20H23N3O2.ClH/c24-20-17-7-2-1-6-16(17)18(25-20)8-5-11-22-12-14-23(15-13-22)19-9-3-4-10-21-19;/h1-4,6-7,9-10,18H,5,8,11-15H2;1H. The molecule has 5 nitrogen and oxygen atoms in total. The highest BCUT2D eigenvalue weighted by molar-refractivity contribution is 5.93. The quantitative estimate of drug-likeness (QED) is 0.752. The van der Waals surface area contributed by atoms with E-state index >= 15 is 0 Å². The van der Waals surface area contributed by atoms with Crippen LogP contribution < -0.4 is 4.90 Å². The van der Waals surface area contributed by atoms with Crippen molar-refractivity contribution in [1.82, 2.24) is 9.88 Å². The molecule has 1 unspecified atom stereocenters. The van der Waals surface area contributed by atoms with E-state index in [0.29, 0.717) is 0 Å². The fourth-order valence-corrected chi connectivity index (χ4v) is 3.68. The van der Waals surface area contributed by atoms with Gasteiger partial charge in [0.2, 0.25) is 0 Å². The first kappa shape index (κ1) is 18.7. The molecule has 2 aliphatic heterocycles. The second-order valence-electron chi connectivity index (χ2n) is 6.64. The number of carbonyl (C=O) groups excluding carboxylic acids is 1. The average molecular weight is 374 g/mol. The first-order valence-electron chi connectivity index (χ1n) is 8.99. The largest absolute Gasteiger partial charge is 0.454 e. The predicted molar refractivity (Wildman–Crippen MR) is 104 cm³/mol. The number of benzene rings is 1. The predicted octanol–water partition coefficient (Wildman–Crippen LogP) is 3.32. The third-order valence-electron chi connectivity index (χ3n) is 5.06. The number of halogens is 1. The maximum Gasteiger partial charge on any atom is 0.339 e. The number of hydrogen-bond acceptors (Lipinski definition) is 5. The average Bonchev–Trinajstić information content (AvgIpc) is 2.99. The van der Waals surface area contributed by atoms with Crippen molar-refractivity contribution in [3.05, 3.63) is 59.8 Å². The Morgan fingerprint density at radius 2 is 1.81 bits per heavy atom. The molecule has 0 spiro atoms. The van der Waals surface area contributed by atoms with Crippen molar-refractivity contribution in [2.75, 3.05) is 37.6 Å². The van der Waals surface area contributed by atoms with Crippen LogP contribution in [-0.2, 0) is 4.74 Å². The maximum atomic E-state index is 11.9. The molecular formula is C20H24ClN3O2. The van der Waals surface area contributed by atoms with Crippen molar-refractivity contribution in [1.29, 1.82) is 0 Å². The van der Waals surface area contributed by atoms with Crippen molar-refractivity contribution in [2.45, 2.75) is 18.9 Å². The molecule has 1 aromatic carbocycles. The minimum absolute atomic E-state index is 0. The molecular weight excluding hydrogens is 350 g/mol. The van der Waals surface area contributed by atoms with Gasteiger partial charge in [0, 0.05) is 37.9 Å². The molecule has 0 radical (unpaired) electrons. The Bertz CT molecular complexity index is 733. The number of nitrogens with zero attached hydrogens (tertiary/aromatic N) is 3. The molecule has 6 heteroatoms. The fourth-order valence-electron chi connectivity index (χ4n) is 3.68. The first-order valence-corrected chi connectivity index (χ1v) is 8.99. The fraction of sp³-hybridized carbons (Fsp3) is 0.400. The highest BCUT2D eigenvalue weighted by atomic mass is 35.5. The number of cyclic esters (lactones) is 1. The maximum absolute atomic E-state index is 11.9. The van der Waals surface area contributed by atoms with Gasteiger partial charge in [-0.2, -0.15) is 0 Å². The van der Waals surface area contributed by atoms with Gasteiger partial charge in [-0.3, -0.25) is 4.90 Å². The Balaban J connectivity index is 0.00000196. The SMILES string of the molecule is Cl.O=C1OC(CCCN2CCN(c3ccccn3)CC2)c2ccccc21. The zero-order valence-electron chi connectivity index (χ0n) is 14.7. The van der Waals surface area contributed by atoms with Crippen LogP contribution in [0.25, 0.3) is 0 Å². The minimum atomic E-state index is -0.176. The van der Waals surface area contributed by atoms with Gasteiger partial charge in [0.15, 0.2) is 0 Å². The van der Waals surface area contributed by atoms with Gasteiger partial charge in [-0.05, 0) is 37.6 Å². The Hall–Kier alpha value is -2.11. The van der Waals surface area contributed by atoms with Crippen LogP contribution in [0, 0.1) is 0 Å². The van der Waals surface area contributed by atoms with Crippen LogP contribution in [-0.4, -0.2) is 48.6 Å². The molecule has 1 aromatic heterocycles. The highest BCUT2D eigenvalue weighted by Crippen LogP contribution is 2.33. The molecule has 0 aliphatic carbocycles. The van der Waals surface area contributed by atoms with Gasteiger partial charge in [0.25, 0.3) is 0 Å². The Kier molecular flexibility index (Phi) is 6.12. The number of aromatic nitrogens is 1. The molecule has 2 aromatic rings. The number of fused-ring (bicyclic) bond motifs is 1. The van der Waals surface area contributed by atoms with E-state index in [4.69, 9.17) is 4.74 Å². The molecule has 1 fully saturated rings. The normalized spacial score (nSPS) is 19.6. The number of piperazine rings is 1. The summed E-state index contributed by atoms with van der Waals surface area (Å²) in [5.74, 6) is 0.890. The summed E-state index contributed by atoms with van der Waals surface area (Å²) >= 11 is 0. The molecule has 4 rings (SSSR count). The van der Waals surface area contributed by atoms with Crippen molar-refractivity contribution >= 4 is 24.2 Å². The number of hydrogen-bond donors (Lipinski definition) is 0. The molecule has 0 saturated carbocycles. The van der Waals surface area contributed by atoms with Crippen LogP contribution in [0.1, 0.15) is 34.9 Å². The van der Waals surface area contributed by atoms with Crippen LogP contribution in [0.2, 0.25) is 0 Å². The van der Waals surface area contributed by atoms with Crippen LogP contribution >= 0.6 is 12.4 Å². The summed E-state index contributed by atoms with van der Waals surface area (Å²) < 4.78 is 5.52. The minimum Gasteiger partial charge on any atom is -0.454 e. The summed E-state index contributed by atoms with van der Waals surface area (Å²) in [6, 6.07) is 13.8. The summed E-state index contributed by atoms with van der Waals surface area (Å²) in [5, 5.41) is 0. The Morgan fingerprint density at radius 1 is 1.04 bits per heavy atom. The molecule has 138 valence electrons. The summed E-state index contributed by atoms with van der Waals surface area (Å²) in [7, 11) is 0. The summed E-state index contributed by atoms with van der Waals surface area (Å²) in [6.07, 6.45) is 3.71. The lowest BCUT2D eigenvalue weighted by Gasteiger charge is -2.35. The molecule has 1 atom stereocenters. The third kappa shape index (κ3) is 4.00. The van der Waals surface area contributed by atoms with E-state index in [-0.39, 0.29) is 24.5 Å². The molecule has 0 N–H and O–H groups in total. The van der Waals surface area contributed by atoms with Gasteiger partial charge in [0.1, 0.15) is 11.9 Å². The summed E-state index contributed by atoms with van der Waals surface area (Å²) in [5.41, 5.74) is 1.78. The van der Waals surface area contributed by atoms with E-state index in [1.165, 1.54) is 0 Å². The molecule has 2 aliphatic rings. The van der Waals surface area contributed by atoms with Crippen LogP contribution in [0.4, 0.5) is 5.82 Å². The number of pyridine rings is 1. The van der Waals surface area contributed by atoms with E-state index < -0.39 is 0 Å². The molecule has 3 heterocycles. The van der Waals surface area contributed by atoms with Gasteiger partial charge in [0.05, 0.1) is 5.56 Å². The summed E-state index contributed by atoms with van der Waals surface area (Å²) in [6.45, 7) is 5.18. The number of carbonyl (C=O) groups is 1. The van der Waals surface area contributed by atoms with Crippen LogP contribution in [0.5, 0.6) is 0 Å². The van der Waals surface area contributed by atoms with Crippen molar-refractivity contribution in [3.63, 3.8) is 0 Å². The number of esters is 1. The molecule has 26 heavy (non-hydrogen) atoms. The Morgan fingerprint density at radius 3 is 2.58 bits per heavy atom. The smallest absolute Gasteiger partial charge is 0.339 e. The third-order valence-corrected chi connectivity index (χ3v) is 5.06. The van der Waals surface area contributed by atoms with Crippen LogP contribution in [0.3, 0.4) is 0 Å². The van der Waals surface area contributed by atoms with E-state index in [2.05, 4.69) is 20.9 Å². The van der Waals surface area contributed by atoms with E-state index in [0.717, 1.165) is 62.5 Å². The van der Waals surface area contributed by atoms with Gasteiger partial charge in [-0.25, -0.2) is 9.78 Å². The van der Waals surface area contributed by atoms with Gasteiger partial charge < -0.3 is 9.64 Å². The number of rotatable bonds is 5. The monoisotopic (exact) mass is 373 g/mol. The highest BCUT2D eigenvalue weighted by Gasteiger charge is 2.30. The van der Waals surface area contributed by atoms with Crippen molar-refractivity contribution in [3.8, 4) is 0 Å². The lowest BCUT2D eigenvalue weighted by Crippen LogP contribution is -2.46. The van der Waals surface area contributed by atoms with E-state index in [1.807, 2.05) is 42.6 Å². The van der Waals surface area contributed by atoms with Crippen LogP contribution in [0.15, 0.2) is 48.7 Å². The Labute approximate surface area is 160 Å². The molecule has 1 saturated heterocycles. The lowest BCUT2D eigenvalue weighted by atomic mass is 10.0. The first-order chi connectivity index (χ1) is 12.3. The number of anilines is 1. The molecule has 0 amide bonds. The second-order valence-corrected chi connectivity index (χ2v) is 6.64. The number of ether oxygens (including phenoxy) is 1. The second kappa shape index (κ2) is 8.52. The van der Waals surface area contributed by atoms with Gasteiger partial charge >= 0.3 is 5.97 Å². The van der Waals surface area contributed by atoms with E-state index in [1.54, 1.807) is 0 Å². The lowest BCUT2D eigenvalue weighted by molar-refractivity contribution is 0.0358. The summed E-state index contributed by atoms with van der Waals surface area (Å²) in [4.78, 5) is 21.1. The van der Waals surface area contributed by atoms with E-state index in [9.17, 15) is 4.79 Å². The zero-order chi connectivity index (χ0) is 17.1. The molecule has 0 bridgehead atoms. The topological polar surface area (TPSA) is 45.7 Å². The van der Waals surface area contributed by atoms with Crippen molar-refractivity contribution in [2.24, 2.45) is 0 Å². The van der Waals surface area contributed by atoms with Crippen molar-refractivity contribution < 1.29 is 9.53 Å². The van der Waals surface area contributed by atoms with Gasteiger partial charge in [-0.1, -0.05) is 24.3 Å². The van der Waals surface area contributed by atoms with Gasteiger partial charge in [-0.15, -0.1) is 12.4 Å².